The molecule has 2 aliphatic rings. The summed E-state index contributed by atoms with van der Waals surface area (Å²) in [5, 5.41) is 8.85. The van der Waals surface area contributed by atoms with Crippen molar-refractivity contribution in [2.45, 2.75) is 69.7 Å². The number of ether oxygens (including phenoxy) is 2. The standard InChI is InChI=1S/C19H29NO5/c1-3-4-14-5-6-16(25-14)12-20-10-9-19(23-2)8-7-15(11-17(19)20)24-13-18(21)22/h5-6,15,17H,3-4,7-13H2,1-2H3,(H,21,22)/t15-,17-,19+/m0/s1. The topological polar surface area (TPSA) is 72.1 Å². The minimum Gasteiger partial charge on any atom is -0.480 e. The number of aryl methyl sites for hydroxylation is 1. The van der Waals surface area contributed by atoms with Gasteiger partial charge in [-0.1, -0.05) is 6.92 Å². The fourth-order valence-corrected chi connectivity index (χ4v) is 4.37. The van der Waals surface area contributed by atoms with E-state index in [4.69, 9.17) is 19.0 Å². The second kappa shape index (κ2) is 7.89. The van der Waals surface area contributed by atoms with Crippen molar-refractivity contribution >= 4 is 5.97 Å². The van der Waals surface area contributed by atoms with Crippen LogP contribution in [0.15, 0.2) is 16.5 Å². The highest BCUT2D eigenvalue weighted by molar-refractivity contribution is 5.68. The molecule has 3 atom stereocenters. The van der Waals surface area contributed by atoms with Crippen LogP contribution < -0.4 is 0 Å². The van der Waals surface area contributed by atoms with Gasteiger partial charge in [0.15, 0.2) is 0 Å². The number of furan rings is 1. The first-order valence-corrected chi connectivity index (χ1v) is 9.26. The molecule has 0 amide bonds. The summed E-state index contributed by atoms with van der Waals surface area (Å²) < 4.78 is 17.5. The largest absolute Gasteiger partial charge is 0.480 e. The quantitative estimate of drug-likeness (QED) is 0.776. The molecule has 0 spiro atoms. The van der Waals surface area contributed by atoms with Crippen LogP contribution in [0.25, 0.3) is 0 Å². The summed E-state index contributed by atoms with van der Waals surface area (Å²) in [5.74, 6) is 1.12. The molecule has 2 heterocycles. The lowest BCUT2D eigenvalue weighted by molar-refractivity contribution is -0.148. The van der Waals surface area contributed by atoms with E-state index in [-0.39, 0.29) is 24.4 Å². The number of aliphatic carboxylic acids is 1. The number of likely N-dealkylation sites (tertiary alicyclic amines) is 1. The zero-order valence-corrected chi connectivity index (χ0v) is 15.2. The number of nitrogens with zero attached hydrogens (tertiary/aromatic N) is 1. The lowest BCUT2D eigenvalue weighted by Crippen LogP contribution is -2.51. The van der Waals surface area contributed by atoms with Gasteiger partial charge in [-0.15, -0.1) is 0 Å². The number of carbonyl (C=O) groups is 1. The Kier molecular flexibility index (Phi) is 5.81. The minimum absolute atomic E-state index is 0.0165. The molecule has 2 fully saturated rings. The Morgan fingerprint density at radius 2 is 2.20 bits per heavy atom. The molecular weight excluding hydrogens is 322 g/mol. The number of hydrogen-bond donors (Lipinski definition) is 1. The fraction of sp³-hybridized carbons (Fsp3) is 0.737. The monoisotopic (exact) mass is 351 g/mol. The third kappa shape index (κ3) is 4.07. The van der Waals surface area contributed by atoms with Crippen molar-refractivity contribution in [3.63, 3.8) is 0 Å². The van der Waals surface area contributed by atoms with Gasteiger partial charge in [0.25, 0.3) is 0 Å². The zero-order valence-electron chi connectivity index (χ0n) is 15.2. The molecule has 1 aromatic heterocycles. The fourth-order valence-electron chi connectivity index (χ4n) is 4.37. The van der Waals surface area contributed by atoms with Gasteiger partial charge in [-0.25, -0.2) is 4.79 Å². The van der Waals surface area contributed by atoms with Crippen molar-refractivity contribution in [2.24, 2.45) is 0 Å². The second-order valence-corrected chi connectivity index (χ2v) is 7.22. The molecule has 1 saturated carbocycles. The van der Waals surface area contributed by atoms with E-state index in [1.54, 1.807) is 7.11 Å². The third-order valence-corrected chi connectivity index (χ3v) is 5.67. The van der Waals surface area contributed by atoms with Crippen LogP contribution in [0.1, 0.15) is 50.5 Å². The lowest BCUT2D eigenvalue weighted by Gasteiger charge is -2.43. The highest BCUT2D eigenvalue weighted by Crippen LogP contribution is 2.43. The van der Waals surface area contributed by atoms with Crippen LogP contribution in [-0.2, 0) is 27.2 Å². The van der Waals surface area contributed by atoms with Crippen molar-refractivity contribution in [3.05, 3.63) is 23.7 Å². The second-order valence-electron chi connectivity index (χ2n) is 7.22. The van der Waals surface area contributed by atoms with Crippen LogP contribution >= 0.6 is 0 Å². The summed E-state index contributed by atoms with van der Waals surface area (Å²) in [6.07, 6.45) is 5.61. The molecule has 3 rings (SSSR count). The van der Waals surface area contributed by atoms with Crippen LogP contribution in [0.3, 0.4) is 0 Å². The maximum Gasteiger partial charge on any atom is 0.329 e. The molecule has 25 heavy (non-hydrogen) atoms. The molecule has 0 aromatic carbocycles. The normalized spacial score (nSPS) is 29.7. The SMILES string of the molecule is CCCc1ccc(CN2CC[C@]3(OC)CC[C@H](OCC(=O)O)C[C@H]23)o1. The van der Waals surface area contributed by atoms with Gasteiger partial charge in [0.2, 0.25) is 0 Å². The molecule has 1 saturated heterocycles. The molecule has 1 aliphatic heterocycles. The van der Waals surface area contributed by atoms with Crippen LogP contribution in [-0.4, -0.2) is 54.0 Å². The summed E-state index contributed by atoms with van der Waals surface area (Å²) in [6, 6.07) is 4.38. The number of hydrogen-bond acceptors (Lipinski definition) is 5. The van der Waals surface area contributed by atoms with E-state index in [2.05, 4.69) is 24.0 Å². The predicted octanol–water partition coefficient (Wildman–Crippen LogP) is 2.85. The zero-order chi connectivity index (χ0) is 17.9. The van der Waals surface area contributed by atoms with E-state index in [0.29, 0.717) is 0 Å². The molecular formula is C19H29NO5. The Labute approximate surface area is 149 Å². The predicted molar refractivity (Wildman–Crippen MR) is 92.5 cm³/mol. The Morgan fingerprint density at radius 1 is 1.40 bits per heavy atom. The molecule has 1 N–H and O–H groups in total. The van der Waals surface area contributed by atoms with Gasteiger partial charge in [0, 0.05) is 26.1 Å². The number of rotatable bonds is 8. The van der Waals surface area contributed by atoms with Crippen LogP contribution in [0.4, 0.5) is 0 Å². The van der Waals surface area contributed by atoms with Gasteiger partial charge >= 0.3 is 5.97 Å². The van der Waals surface area contributed by atoms with Gasteiger partial charge in [-0.2, -0.15) is 0 Å². The van der Waals surface area contributed by atoms with E-state index >= 15 is 0 Å². The van der Waals surface area contributed by atoms with E-state index in [0.717, 1.165) is 63.1 Å². The van der Waals surface area contributed by atoms with Gasteiger partial charge in [-0.3, -0.25) is 4.90 Å². The van der Waals surface area contributed by atoms with E-state index in [9.17, 15) is 4.79 Å². The molecule has 1 aromatic rings. The summed E-state index contributed by atoms with van der Waals surface area (Å²) in [5.41, 5.74) is -0.137. The molecule has 1 aliphatic carbocycles. The minimum atomic E-state index is -0.911. The first-order chi connectivity index (χ1) is 12.1. The third-order valence-electron chi connectivity index (χ3n) is 5.67. The van der Waals surface area contributed by atoms with Crippen molar-refractivity contribution in [1.82, 2.24) is 4.90 Å². The number of methoxy groups -OCH3 is 1. The lowest BCUT2D eigenvalue weighted by atomic mass is 9.79. The van der Waals surface area contributed by atoms with Crippen molar-refractivity contribution < 1.29 is 23.8 Å². The van der Waals surface area contributed by atoms with E-state index in [1.807, 2.05) is 0 Å². The van der Waals surface area contributed by atoms with Crippen molar-refractivity contribution in [2.75, 3.05) is 20.3 Å². The van der Waals surface area contributed by atoms with Gasteiger partial charge in [0.1, 0.15) is 18.1 Å². The number of carboxylic acids is 1. The Hall–Kier alpha value is -1.37. The van der Waals surface area contributed by atoms with Gasteiger partial charge < -0.3 is 19.0 Å². The first kappa shape index (κ1) is 18.4. The van der Waals surface area contributed by atoms with Crippen molar-refractivity contribution in [3.8, 4) is 0 Å². The first-order valence-electron chi connectivity index (χ1n) is 9.26. The maximum absolute atomic E-state index is 10.8. The molecule has 6 heteroatoms. The molecule has 0 radical (unpaired) electrons. The van der Waals surface area contributed by atoms with E-state index < -0.39 is 5.97 Å². The van der Waals surface area contributed by atoms with Crippen LogP contribution in [0.2, 0.25) is 0 Å². The Bertz CT molecular complexity index is 586. The maximum atomic E-state index is 10.8. The highest BCUT2D eigenvalue weighted by atomic mass is 16.5. The Morgan fingerprint density at radius 3 is 2.92 bits per heavy atom. The van der Waals surface area contributed by atoms with Crippen LogP contribution in [0.5, 0.6) is 0 Å². The van der Waals surface area contributed by atoms with Crippen LogP contribution in [0, 0.1) is 0 Å². The average molecular weight is 351 g/mol. The molecule has 0 unspecified atom stereocenters. The molecule has 0 bridgehead atoms. The van der Waals surface area contributed by atoms with Gasteiger partial charge in [0.05, 0.1) is 18.2 Å². The van der Waals surface area contributed by atoms with Crippen molar-refractivity contribution in [1.29, 1.82) is 0 Å². The number of carboxylic acid groups (broad SMARTS) is 1. The van der Waals surface area contributed by atoms with Gasteiger partial charge in [-0.05, 0) is 44.2 Å². The molecule has 140 valence electrons. The number of fused-ring (bicyclic) bond motifs is 1. The summed E-state index contributed by atoms with van der Waals surface area (Å²) in [4.78, 5) is 13.2. The highest BCUT2D eigenvalue weighted by Gasteiger charge is 2.51. The Balaban J connectivity index is 1.66. The summed E-state index contributed by atoms with van der Waals surface area (Å²) in [6.45, 7) is 3.66. The van der Waals surface area contributed by atoms with E-state index in [1.165, 1.54) is 0 Å². The molecule has 6 nitrogen and oxygen atoms in total. The average Bonchev–Trinajstić information content (AvgIpc) is 3.19. The summed E-state index contributed by atoms with van der Waals surface area (Å²) in [7, 11) is 1.79. The smallest absolute Gasteiger partial charge is 0.329 e. The summed E-state index contributed by atoms with van der Waals surface area (Å²) >= 11 is 0.